The maximum atomic E-state index is 13.3. The molecule has 1 aliphatic heterocycles. The van der Waals surface area contributed by atoms with Crippen molar-refractivity contribution >= 4 is 11.6 Å². The topological polar surface area (TPSA) is 97.6 Å². The number of pyridine rings is 1. The van der Waals surface area contributed by atoms with Crippen LogP contribution in [0.1, 0.15) is 37.0 Å². The summed E-state index contributed by atoms with van der Waals surface area (Å²) in [6.45, 7) is 3.43. The molecular formula is C27H32F2N4O5. The molecule has 0 spiro atoms. The minimum absolute atomic E-state index is 0.0392. The van der Waals surface area contributed by atoms with Gasteiger partial charge in [0, 0.05) is 49.4 Å². The van der Waals surface area contributed by atoms with Gasteiger partial charge in [-0.25, -0.2) is 4.98 Å². The lowest BCUT2D eigenvalue weighted by atomic mass is 9.98. The van der Waals surface area contributed by atoms with Gasteiger partial charge >= 0.3 is 6.61 Å². The number of benzene rings is 1. The summed E-state index contributed by atoms with van der Waals surface area (Å²) in [6, 6.07) is 6.68. The molecule has 1 aromatic carbocycles. The second-order valence-electron chi connectivity index (χ2n) is 10.6. The molecule has 2 aliphatic rings. The number of amides is 1. The molecule has 11 heteroatoms. The summed E-state index contributed by atoms with van der Waals surface area (Å²) in [5.41, 5.74) is 0.947. The second kappa shape index (κ2) is 10.4. The SMILES string of the molecule is COc1cc(-c2cnc3cc(OCC4CN(CC(C)(C)O)C4)ccn23)cc(OC(F)F)c1C(=O)NC1CC1. The fourth-order valence-electron chi connectivity index (χ4n) is 4.73. The van der Waals surface area contributed by atoms with E-state index in [2.05, 4.69) is 15.2 Å². The highest BCUT2D eigenvalue weighted by molar-refractivity contribution is 6.01. The molecule has 204 valence electrons. The summed E-state index contributed by atoms with van der Waals surface area (Å²) in [5.74, 6) is 0.412. The molecule has 2 N–H and O–H groups in total. The van der Waals surface area contributed by atoms with E-state index in [1.54, 1.807) is 36.7 Å². The van der Waals surface area contributed by atoms with Gasteiger partial charge in [0.2, 0.25) is 0 Å². The van der Waals surface area contributed by atoms with Crippen LogP contribution in [-0.2, 0) is 0 Å². The first-order chi connectivity index (χ1) is 18.1. The standard InChI is InChI=1S/C27H32F2N4O5/c1-27(2,35)15-32-12-16(13-32)14-37-19-6-7-33-20(11-30-23(33)10-19)17-8-21(36-3)24(22(9-17)38-26(28)29)25(34)31-18-4-5-18/h6-11,16,18,26,35H,4-5,12-15H2,1-3H3,(H,31,34). The number of hydrogen-bond donors (Lipinski definition) is 2. The first-order valence-corrected chi connectivity index (χ1v) is 12.6. The van der Waals surface area contributed by atoms with Crippen molar-refractivity contribution in [3.8, 4) is 28.5 Å². The fraction of sp³-hybridized carbons (Fsp3) is 0.481. The van der Waals surface area contributed by atoms with Crippen LogP contribution in [-0.4, -0.2) is 76.9 Å². The molecule has 3 aromatic rings. The fourth-order valence-corrected chi connectivity index (χ4v) is 4.73. The largest absolute Gasteiger partial charge is 0.496 e. The van der Waals surface area contributed by atoms with Gasteiger partial charge in [0.05, 0.1) is 31.2 Å². The second-order valence-corrected chi connectivity index (χ2v) is 10.6. The van der Waals surface area contributed by atoms with E-state index in [1.807, 2.05) is 12.1 Å². The number of nitrogens with one attached hydrogen (secondary N) is 1. The van der Waals surface area contributed by atoms with E-state index >= 15 is 0 Å². The van der Waals surface area contributed by atoms with E-state index in [0.717, 1.165) is 25.9 Å². The summed E-state index contributed by atoms with van der Waals surface area (Å²) in [4.78, 5) is 19.4. The molecule has 0 unspecified atom stereocenters. The number of nitrogens with zero attached hydrogens (tertiary/aromatic N) is 3. The molecule has 1 saturated heterocycles. The minimum atomic E-state index is -3.11. The number of likely N-dealkylation sites (tertiary alicyclic amines) is 1. The molecule has 1 amide bonds. The van der Waals surface area contributed by atoms with Crippen LogP contribution in [0.3, 0.4) is 0 Å². The van der Waals surface area contributed by atoms with Crippen molar-refractivity contribution in [1.29, 1.82) is 0 Å². The van der Waals surface area contributed by atoms with Crippen LogP contribution in [0.25, 0.3) is 16.9 Å². The van der Waals surface area contributed by atoms with Crippen LogP contribution in [0, 0.1) is 5.92 Å². The number of β-amino-alcohol motifs (C(OH)–C–C–N with tert-alkyl or cyclic N) is 1. The molecule has 0 atom stereocenters. The zero-order valence-electron chi connectivity index (χ0n) is 21.6. The van der Waals surface area contributed by atoms with Gasteiger partial charge in [0.1, 0.15) is 28.5 Å². The van der Waals surface area contributed by atoms with Crippen molar-refractivity contribution in [2.45, 2.75) is 44.9 Å². The van der Waals surface area contributed by atoms with Crippen molar-refractivity contribution in [2.24, 2.45) is 5.92 Å². The third-order valence-electron chi connectivity index (χ3n) is 6.55. The highest BCUT2D eigenvalue weighted by atomic mass is 19.3. The highest BCUT2D eigenvalue weighted by Gasteiger charge is 2.31. The number of rotatable bonds is 11. The van der Waals surface area contributed by atoms with E-state index in [0.29, 0.717) is 41.7 Å². The van der Waals surface area contributed by atoms with E-state index in [1.165, 1.54) is 13.2 Å². The van der Waals surface area contributed by atoms with Crippen LogP contribution in [0.15, 0.2) is 36.7 Å². The van der Waals surface area contributed by atoms with Crippen LogP contribution in [0.2, 0.25) is 0 Å². The van der Waals surface area contributed by atoms with Gasteiger partial charge in [-0.1, -0.05) is 0 Å². The number of hydrogen-bond acceptors (Lipinski definition) is 7. The van der Waals surface area contributed by atoms with Crippen LogP contribution in [0.4, 0.5) is 8.78 Å². The van der Waals surface area contributed by atoms with Crippen LogP contribution in [0.5, 0.6) is 17.2 Å². The van der Waals surface area contributed by atoms with Crippen molar-refractivity contribution in [1.82, 2.24) is 19.6 Å². The monoisotopic (exact) mass is 530 g/mol. The minimum Gasteiger partial charge on any atom is -0.496 e. The zero-order valence-corrected chi connectivity index (χ0v) is 21.6. The summed E-state index contributed by atoms with van der Waals surface area (Å²) < 4.78 is 44.5. The third-order valence-corrected chi connectivity index (χ3v) is 6.55. The molecule has 0 radical (unpaired) electrons. The number of carbonyl (C=O) groups is 1. The first kappa shape index (κ1) is 26.2. The van der Waals surface area contributed by atoms with Gasteiger partial charge in [-0.15, -0.1) is 0 Å². The maximum absolute atomic E-state index is 13.3. The number of methoxy groups -OCH3 is 1. The van der Waals surface area contributed by atoms with E-state index < -0.39 is 18.1 Å². The van der Waals surface area contributed by atoms with E-state index in [4.69, 9.17) is 14.2 Å². The Morgan fingerprint density at radius 2 is 1.97 bits per heavy atom. The number of ether oxygens (including phenoxy) is 3. The van der Waals surface area contributed by atoms with Gasteiger partial charge in [-0.3, -0.25) is 14.1 Å². The number of fused-ring (bicyclic) bond motifs is 1. The molecular weight excluding hydrogens is 498 g/mol. The quantitative estimate of drug-likeness (QED) is 0.391. The Bertz CT molecular complexity index is 1310. The van der Waals surface area contributed by atoms with Gasteiger partial charge in [0.15, 0.2) is 0 Å². The normalized spacial score (nSPS) is 16.5. The Labute approximate surface area is 219 Å². The molecule has 9 nitrogen and oxygen atoms in total. The van der Waals surface area contributed by atoms with E-state index in [-0.39, 0.29) is 23.1 Å². The number of carbonyl (C=O) groups excluding carboxylic acids is 1. The number of alkyl halides is 2. The Kier molecular flexibility index (Phi) is 7.15. The van der Waals surface area contributed by atoms with Gasteiger partial charge in [-0.2, -0.15) is 8.78 Å². The van der Waals surface area contributed by atoms with Crippen LogP contribution >= 0.6 is 0 Å². The average molecular weight is 531 g/mol. The maximum Gasteiger partial charge on any atom is 0.387 e. The van der Waals surface area contributed by atoms with E-state index in [9.17, 15) is 18.7 Å². The molecule has 1 aliphatic carbocycles. The summed E-state index contributed by atoms with van der Waals surface area (Å²) in [7, 11) is 1.38. The number of aliphatic hydroxyl groups is 1. The van der Waals surface area contributed by atoms with Crippen LogP contribution < -0.4 is 19.5 Å². The zero-order chi connectivity index (χ0) is 27.0. The van der Waals surface area contributed by atoms with Crippen molar-refractivity contribution in [3.63, 3.8) is 0 Å². The lowest BCUT2D eigenvalue weighted by Gasteiger charge is -2.41. The van der Waals surface area contributed by atoms with Gasteiger partial charge < -0.3 is 24.6 Å². The number of imidazole rings is 1. The van der Waals surface area contributed by atoms with Gasteiger partial charge in [-0.05, 0) is 44.9 Å². The van der Waals surface area contributed by atoms with Gasteiger partial charge in [0.25, 0.3) is 5.91 Å². The smallest absolute Gasteiger partial charge is 0.387 e. The molecule has 2 fully saturated rings. The first-order valence-electron chi connectivity index (χ1n) is 12.6. The third kappa shape index (κ3) is 5.99. The Morgan fingerprint density at radius 3 is 2.63 bits per heavy atom. The summed E-state index contributed by atoms with van der Waals surface area (Å²) >= 11 is 0. The molecule has 5 rings (SSSR count). The lowest BCUT2D eigenvalue weighted by molar-refractivity contribution is -0.0502. The Balaban J connectivity index is 1.34. The summed E-state index contributed by atoms with van der Waals surface area (Å²) in [6.07, 6.45) is 5.12. The Hall–Kier alpha value is -3.44. The molecule has 3 heterocycles. The van der Waals surface area contributed by atoms with Crippen molar-refractivity contribution in [3.05, 3.63) is 42.2 Å². The average Bonchev–Trinajstić information content (AvgIpc) is 3.53. The lowest BCUT2D eigenvalue weighted by Crippen LogP contribution is -2.53. The summed E-state index contributed by atoms with van der Waals surface area (Å²) in [5, 5.41) is 12.7. The highest BCUT2D eigenvalue weighted by Crippen LogP contribution is 2.37. The number of halogens is 2. The predicted octanol–water partition coefficient (Wildman–Crippen LogP) is 3.59. The van der Waals surface area contributed by atoms with Crippen molar-refractivity contribution < 1.29 is 32.9 Å². The Morgan fingerprint density at radius 1 is 1.24 bits per heavy atom. The predicted molar refractivity (Wildman–Crippen MR) is 136 cm³/mol. The number of aromatic nitrogens is 2. The van der Waals surface area contributed by atoms with Crippen molar-refractivity contribution in [2.75, 3.05) is 33.4 Å². The molecule has 0 bridgehead atoms. The molecule has 2 aromatic heterocycles. The molecule has 1 saturated carbocycles. The molecule has 38 heavy (non-hydrogen) atoms.